The van der Waals surface area contributed by atoms with E-state index in [4.69, 9.17) is 0 Å². The number of pyridine rings is 1. The van der Waals surface area contributed by atoms with Crippen LogP contribution in [0.5, 0.6) is 0 Å². The predicted octanol–water partition coefficient (Wildman–Crippen LogP) is 2.59. The Balaban J connectivity index is 1.64. The second kappa shape index (κ2) is 3.68. The summed E-state index contributed by atoms with van der Waals surface area (Å²) in [7, 11) is 0. The molecule has 1 aromatic rings. The van der Waals surface area contributed by atoms with Crippen molar-refractivity contribution in [2.75, 3.05) is 11.9 Å². The molecule has 1 N–H and O–H groups in total. The third kappa shape index (κ3) is 2.09. The summed E-state index contributed by atoms with van der Waals surface area (Å²) in [6.45, 7) is 0.909. The van der Waals surface area contributed by atoms with Crippen LogP contribution >= 0.6 is 0 Å². The van der Waals surface area contributed by atoms with Crippen molar-refractivity contribution >= 4 is 11.5 Å². The van der Waals surface area contributed by atoms with Gasteiger partial charge in [-0.3, -0.25) is 10.1 Å². The van der Waals surface area contributed by atoms with Crippen molar-refractivity contribution in [1.82, 2.24) is 4.98 Å². The van der Waals surface area contributed by atoms with Gasteiger partial charge in [0.05, 0.1) is 11.0 Å². The highest BCUT2D eigenvalue weighted by atomic mass is 16.6. The molecule has 5 heteroatoms. The zero-order valence-electron chi connectivity index (χ0n) is 9.56. The summed E-state index contributed by atoms with van der Waals surface area (Å²) in [4.78, 5) is 14.4. The van der Waals surface area contributed by atoms with Gasteiger partial charge in [0.15, 0.2) is 0 Å². The number of nitrogens with zero attached hydrogens (tertiary/aromatic N) is 2. The van der Waals surface area contributed by atoms with Crippen molar-refractivity contribution in [3.8, 4) is 0 Å². The molecular weight excluding hydrogens is 218 g/mol. The van der Waals surface area contributed by atoms with Gasteiger partial charge in [-0.1, -0.05) is 0 Å². The van der Waals surface area contributed by atoms with Crippen molar-refractivity contribution in [2.45, 2.75) is 25.7 Å². The summed E-state index contributed by atoms with van der Waals surface area (Å²) >= 11 is 0. The molecule has 0 spiro atoms. The van der Waals surface area contributed by atoms with Gasteiger partial charge >= 0.3 is 0 Å². The Bertz CT molecular complexity index is 453. The van der Waals surface area contributed by atoms with Crippen LogP contribution in [0.25, 0.3) is 0 Å². The fourth-order valence-electron chi connectivity index (χ4n) is 2.48. The fourth-order valence-corrected chi connectivity index (χ4v) is 2.48. The highest BCUT2D eigenvalue weighted by Gasteiger charge is 2.53. The minimum Gasteiger partial charge on any atom is -0.369 e. The lowest BCUT2D eigenvalue weighted by atomic mass is 10.0. The first-order chi connectivity index (χ1) is 8.20. The van der Waals surface area contributed by atoms with E-state index in [0.717, 1.165) is 12.5 Å². The molecule has 2 fully saturated rings. The number of hydrogen-bond donors (Lipinski definition) is 1. The van der Waals surface area contributed by atoms with E-state index >= 15 is 0 Å². The van der Waals surface area contributed by atoms with Gasteiger partial charge in [-0.05, 0) is 37.0 Å². The van der Waals surface area contributed by atoms with E-state index in [1.807, 2.05) is 0 Å². The highest BCUT2D eigenvalue weighted by Crippen LogP contribution is 2.61. The SMILES string of the molecule is O=[N+]([O-])c1ccnc(NCC2(C3CC3)CC2)c1. The van der Waals surface area contributed by atoms with Crippen molar-refractivity contribution in [1.29, 1.82) is 0 Å². The van der Waals surface area contributed by atoms with Gasteiger partial charge < -0.3 is 5.32 Å². The summed E-state index contributed by atoms with van der Waals surface area (Å²) in [5, 5.41) is 13.9. The molecule has 2 aliphatic carbocycles. The highest BCUT2D eigenvalue weighted by molar-refractivity contribution is 5.44. The van der Waals surface area contributed by atoms with E-state index < -0.39 is 0 Å². The van der Waals surface area contributed by atoms with Crippen LogP contribution in [0, 0.1) is 21.4 Å². The molecule has 0 aliphatic heterocycles. The van der Waals surface area contributed by atoms with Crippen LogP contribution in [0.2, 0.25) is 0 Å². The van der Waals surface area contributed by atoms with Crippen molar-refractivity contribution in [3.05, 3.63) is 28.4 Å². The Labute approximate surface area is 99.4 Å². The number of hydrogen-bond acceptors (Lipinski definition) is 4. The quantitative estimate of drug-likeness (QED) is 0.627. The molecule has 0 radical (unpaired) electrons. The van der Waals surface area contributed by atoms with Gasteiger partial charge in [0.2, 0.25) is 0 Å². The molecule has 0 atom stereocenters. The van der Waals surface area contributed by atoms with Crippen molar-refractivity contribution in [2.24, 2.45) is 11.3 Å². The minimum absolute atomic E-state index is 0.0961. The van der Waals surface area contributed by atoms with Gasteiger partial charge in [0.1, 0.15) is 5.82 Å². The number of anilines is 1. The Hall–Kier alpha value is -1.65. The standard InChI is InChI=1S/C12H15N3O2/c16-15(17)10-3-6-13-11(7-10)14-8-12(4-5-12)9-1-2-9/h3,6-7,9H,1-2,4-5,8H2,(H,13,14). The lowest BCUT2D eigenvalue weighted by Crippen LogP contribution is -2.17. The van der Waals surface area contributed by atoms with E-state index in [9.17, 15) is 10.1 Å². The zero-order chi connectivity index (χ0) is 11.9. The van der Waals surface area contributed by atoms with E-state index in [1.165, 1.54) is 44.0 Å². The molecule has 0 amide bonds. The first-order valence-corrected chi connectivity index (χ1v) is 6.04. The molecule has 3 rings (SSSR count). The number of nitro groups is 1. The average Bonchev–Trinajstić information content (AvgIpc) is 3.17. The second-order valence-electron chi connectivity index (χ2n) is 5.15. The third-order valence-corrected chi connectivity index (χ3v) is 3.91. The van der Waals surface area contributed by atoms with Gasteiger partial charge in [0, 0.05) is 18.8 Å². The number of nitrogens with one attached hydrogen (secondary N) is 1. The van der Waals surface area contributed by atoms with Crippen LogP contribution in [0.4, 0.5) is 11.5 Å². The van der Waals surface area contributed by atoms with E-state index in [0.29, 0.717) is 11.2 Å². The summed E-state index contributed by atoms with van der Waals surface area (Å²) in [6, 6.07) is 2.92. The lowest BCUT2D eigenvalue weighted by Gasteiger charge is -2.15. The average molecular weight is 233 g/mol. The maximum absolute atomic E-state index is 10.6. The molecule has 5 nitrogen and oxygen atoms in total. The van der Waals surface area contributed by atoms with Crippen molar-refractivity contribution < 1.29 is 4.92 Å². The fraction of sp³-hybridized carbons (Fsp3) is 0.583. The van der Waals surface area contributed by atoms with E-state index in [2.05, 4.69) is 10.3 Å². The van der Waals surface area contributed by atoms with Crippen LogP contribution < -0.4 is 5.32 Å². The Morgan fingerprint density at radius 3 is 2.88 bits per heavy atom. The first kappa shape index (κ1) is 10.5. The third-order valence-electron chi connectivity index (χ3n) is 3.91. The molecule has 1 heterocycles. The molecule has 0 unspecified atom stereocenters. The second-order valence-corrected chi connectivity index (χ2v) is 5.15. The molecule has 2 saturated carbocycles. The molecule has 0 bridgehead atoms. The monoisotopic (exact) mass is 233 g/mol. The summed E-state index contributed by atoms with van der Waals surface area (Å²) < 4.78 is 0. The maximum Gasteiger partial charge on any atom is 0.274 e. The molecule has 1 aromatic heterocycles. The van der Waals surface area contributed by atoms with Gasteiger partial charge in [-0.2, -0.15) is 0 Å². The summed E-state index contributed by atoms with van der Waals surface area (Å²) in [5.41, 5.74) is 0.575. The Morgan fingerprint density at radius 2 is 2.29 bits per heavy atom. The summed E-state index contributed by atoms with van der Waals surface area (Å²) in [5.74, 6) is 1.50. The van der Waals surface area contributed by atoms with E-state index in [-0.39, 0.29) is 10.6 Å². The first-order valence-electron chi connectivity index (χ1n) is 6.04. The topological polar surface area (TPSA) is 68.1 Å². The van der Waals surface area contributed by atoms with Gasteiger partial charge in [-0.25, -0.2) is 4.98 Å². The Kier molecular flexibility index (Phi) is 2.28. The van der Waals surface area contributed by atoms with E-state index in [1.54, 1.807) is 0 Å². The van der Waals surface area contributed by atoms with Crippen molar-refractivity contribution in [3.63, 3.8) is 0 Å². The zero-order valence-corrected chi connectivity index (χ0v) is 9.56. The molecule has 17 heavy (non-hydrogen) atoms. The summed E-state index contributed by atoms with van der Waals surface area (Å²) in [6.07, 6.45) is 6.77. The number of aromatic nitrogens is 1. The molecule has 0 aromatic carbocycles. The molecule has 90 valence electrons. The minimum atomic E-state index is -0.388. The van der Waals surface area contributed by atoms with Crippen LogP contribution in [-0.4, -0.2) is 16.5 Å². The predicted molar refractivity (Wildman–Crippen MR) is 63.8 cm³/mol. The molecule has 0 saturated heterocycles. The van der Waals surface area contributed by atoms with Crippen LogP contribution in [0.15, 0.2) is 18.3 Å². The van der Waals surface area contributed by atoms with Gasteiger partial charge in [0.25, 0.3) is 5.69 Å². The van der Waals surface area contributed by atoms with Crippen LogP contribution in [0.1, 0.15) is 25.7 Å². The largest absolute Gasteiger partial charge is 0.369 e. The van der Waals surface area contributed by atoms with Crippen LogP contribution in [0.3, 0.4) is 0 Å². The Morgan fingerprint density at radius 1 is 1.53 bits per heavy atom. The molecule has 2 aliphatic rings. The van der Waals surface area contributed by atoms with Gasteiger partial charge in [-0.15, -0.1) is 0 Å². The van der Waals surface area contributed by atoms with Crippen LogP contribution in [-0.2, 0) is 0 Å². The molecular formula is C12H15N3O2. The smallest absolute Gasteiger partial charge is 0.274 e. The number of rotatable bonds is 5. The lowest BCUT2D eigenvalue weighted by molar-refractivity contribution is -0.384. The normalized spacial score (nSPS) is 20.9. The maximum atomic E-state index is 10.6.